The first-order chi connectivity index (χ1) is 19.4. The van der Waals surface area contributed by atoms with Gasteiger partial charge in [-0.25, -0.2) is 13.4 Å². The van der Waals surface area contributed by atoms with Gasteiger partial charge in [0.05, 0.1) is 17.7 Å². The third kappa shape index (κ3) is 8.79. The van der Waals surface area contributed by atoms with Crippen LogP contribution < -0.4 is 20.7 Å². The summed E-state index contributed by atoms with van der Waals surface area (Å²) < 4.78 is 28.3. The smallest absolute Gasteiger partial charge is 0.261 e. The Hall–Kier alpha value is -3.44. The van der Waals surface area contributed by atoms with Crippen LogP contribution in [0.2, 0.25) is 0 Å². The maximum absolute atomic E-state index is 12.8. The molecule has 0 aliphatic carbocycles. The minimum Gasteiger partial charge on any atom is -0.387 e. The van der Waals surface area contributed by atoms with Gasteiger partial charge < -0.3 is 26.0 Å². The number of unbranched alkanes of at least 4 members (excludes halogenated alkanes) is 3. The van der Waals surface area contributed by atoms with Crippen LogP contribution in [0.3, 0.4) is 0 Å². The average molecular weight is 565 g/mol. The molecule has 9 nitrogen and oxygen atoms in total. The number of aliphatic hydroxyl groups excluding tert-OH is 1. The minimum absolute atomic E-state index is 0.211. The van der Waals surface area contributed by atoms with Gasteiger partial charge in [-0.1, -0.05) is 38.3 Å². The van der Waals surface area contributed by atoms with E-state index in [1.807, 2.05) is 30.5 Å². The Balaban J connectivity index is 1.18. The van der Waals surface area contributed by atoms with Crippen molar-refractivity contribution in [1.29, 1.82) is 0 Å². The number of anilines is 2. The van der Waals surface area contributed by atoms with Crippen LogP contribution in [0.25, 0.3) is 11.0 Å². The molecule has 0 fully saturated rings. The number of benzene rings is 2. The fourth-order valence-electron chi connectivity index (χ4n) is 4.36. The molecule has 2 heterocycles. The summed E-state index contributed by atoms with van der Waals surface area (Å²) in [5.41, 5.74) is 4.01. The number of aliphatic hydroxyl groups is 1. The lowest BCUT2D eigenvalue weighted by molar-refractivity contribution is 0.175. The second-order valence-electron chi connectivity index (χ2n) is 9.90. The number of aromatic amines is 1. The van der Waals surface area contributed by atoms with Crippen LogP contribution in [0.5, 0.6) is 0 Å². The number of nitrogens with zero attached hydrogens (tertiary/aromatic N) is 1. The molecule has 6 N–H and O–H groups in total. The molecule has 4 aromatic rings. The lowest BCUT2D eigenvalue weighted by atomic mass is 10.1. The van der Waals surface area contributed by atoms with E-state index in [4.69, 9.17) is 0 Å². The van der Waals surface area contributed by atoms with E-state index in [2.05, 4.69) is 37.6 Å². The third-order valence-corrected chi connectivity index (χ3v) is 8.13. The van der Waals surface area contributed by atoms with Gasteiger partial charge in [-0.2, -0.15) is 0 Å². The summed E-state index contributed by atoms with van der Waals surface area (Å²) >= 11 is 0. The normalized spacial score (nSPS) is 12.4. The highest BCUT2D eigenvalue weighted by molar-refractivity contribution is 7.92. The van der Waals surface area contributed by atoms with E-state index in [0.29, 0.717) is 25.4 Å². The lowest BCUT2D eigenvalue weighted by Crippen LogP contribution is -2.23. The van der Waals surface area contributed by atoms with Crippen molar-refractivity contribution in [1.82, 2.24) is 20.6 Å². The standard InChI is InChI=1S/C30H40N6O3S/c1-2-3-4-5-16-32-22-35-26-10-12-28(13-11-26)40(38,39)36-27-8-6-23(7-9-27)14-17-31-21-29(37)25-19-24-15-18-33-30(24)34-20-25/h6-13,15,18-20,29,31-32,35-37H,2-5,14,16-17,21-22H2,1H3,(H,33,34). The maximum atomic E-state index is 12.8. The minimum atomic E-state index is -3.69. The van der Waals surface area contributed by atoms with Crippen molar-refractivity contribution >= 4 is 32.4 Å². The molecule has 2 aromatic carbocycles. The molecule has 1 atom stereocenters. The molecule has 0 saturated heterocycles. The summed E-state index contributed by atoms with van der Waals surface area (Å²) in [5.74, 6) is 0. The first-order valence-corrected chi connectivity index (χ1v) is 15.4. The molecular formula is C30H40N6O3S. The van der Waals surface area contributed by atoms with Crippen LogP contribution in [0.1, 0.15) is 49.8 Å². The molecule has 0 radical (unpaired) electrons. The van der Waals surface area contributed by atoms with Gasteiger partial charge in [0.2, 0.25) is 0 Å². The number of pyridine rings is 1. The molecule has 0 spiro atoms. The van der Waals surface area contributed by atoms with E-state index in [9.17, 15) is 13.5 Å². The molecule has 0 aliphatic rings. The number of H-pyrrole nitrogens is 1. The van der Waals surface area contributed by atoms with E-state index in [0.717, 1.165) is 47.2 Å². The summed E-state index contributed by atoms with van der Waals surface area (Å²) in [7, 11) is -3.69. The van der Waals surface area contributed by atoms with Crippen molar-refractivity contribution in [3.63, 3.8) is 0 Å². The van der Waals surface area contributed by atoms with E-state index < -0.39 is 16.1 Å². The van der Waals surface area contributed by atoms with Crippen LogP contribution in [0.4, 0.5) is 11.4 Å². The van der Waals surface area contributed by atoms with Crippen molar-refractivity contribution in [2.75, 3.05) is 36.3 Å². The van der Waals surface area contributed by atoms with E-state index in [-0.39, 0.29) is 4.90 Å². The molecule has 0 saturated carbocycles. The fourth-order valence-corrected chi connectivity index (χ4v) is 5.42. The molecule has 0 aliphatic heterocycles. The zero-order chi connectivity index (χ0) is 28.2. The summed E-state index contributed by atoms with van der Waals surface area (Å²) in [6.07, 6.45) is 8.49. The van der Waals surface area contributed by atoms with E-state index >= 15 is 0 Å². The van der Waals surface area contributed by atoms with E-state index in [1.54, 1.807) is 42.6 Å². The Morgan fingerprint density at radius 1 is 0.925 bits per heavy atom. The number of rotatable bonds is 17. The average Bonchev–Trinajstić information content (AvgIpc) is 3.44. The van der Waals surface area contributed by atoms with Crippen molar-refractivity contribution in [3.05, 3.63) is 84.2 Å². The van der Waals surface area contributed by atoms with Crippen LogP contribution in [-0.2, 0) is 16.4 Å². The van der Waals surface area contributed by atoms with Crippen molar-refractivity contribution in [3.8, 4) is 0 Å². The zero-order valence-electron chi connectivity index (χ0n) is 23.0. The van der Waals surface area contributed by atoms with E-state index in [1.165, 1.54) is 19.3 Å². The Bertz CT molecular complexity index is 1420. The summed E-state index contributed by atoms with van der Waals surface area (Å²) in [6.45, 7) is 4.90. The molecule has 4 rings (SSSR count). The number of aromatic nitrogens is 2. The number of fused-ring (bicyclic) bond motifs is 1. The number of hydrogen-bond donors (Lipinski definition) is 6. The first-order valence-electron chi connectivity index (χ1n) is 13.9. The van der Waals surface area contributed by atoms with Crippen LogP contribution in [0, 0.1) is 0 Å². The lowest BCUT2D eigenvalue weighted by Gasteiger charge is -2.13. The van der Waals surface area contributed by atoms with Gasteiger partial charge >= 0.3 is 0 Å². The van der Waals surface area contributed by atoms with Gasteiger partial charge in [0.15, 0.2) is 0 Å². The molecule has 2 aromatic heterocycles. The van der Waals surface area contributed by atoms with Gasteiger partial charge in [0, 0.05) is 41.3 Å². The molecule has 214 valence electrons. The number of nitrogens with one attached hydrogen (secondary N) is 5. The van der Waals surface area contributed by atoms with Gasteiger partial charge in [0.1, 0.15) is 5.65 Å². The van der Waals surface area contributed by atoms with Gasteiger partial charge in [-0.05, 0) is 80.0 Å². The predicted molar refractivity (Wildman–Crippen MR) is 162 cm³/mol. The highest BCUT2D eigenvalue weighted by Gasteiger charge is 2.14. The molecule has 0 amide bonds. The summed E-state index contributed by atoms with van der Waals surface area (Å²) in [6, 6.07) is 18.0. The van der Waals surface area contributed by atoms with Crippen molar-refractivity contribution < 1.29 is 13.5 Å². The first kappa shape index (κ1) is 29.5. The Morgan fingerprint density at radius 2 is 1.70 bits per heavy atom. The molecule has 10 heteroatoms. The quantitative estimate of drug-likeness (QED) is 0.0805. The van der Waals surface area contributed by atoms with Crippen LogP contribution in [0.15, 0.2) is 78.0 Å². The highest BCUT2D eigenvalue weighted by atomic mass is 32.2. The van der Waals surface area contributed by atoms with Crippen LogP contribution >= 0.6 is 0 Å². The second-order valence-corrected chi connectivity index (χ2v) is 11.6. The fraction of sp³-hybridized carbons (Fsp3) is 0.367. The van der Waals surface area contributed by atoms with Gasteiger partial charge in [0.25, 0.3) is 10.0 Å². The van der Waals surface area contributed by atoms with Crippen molar-refractivity contribution in [2.45, 2.75) is 50.0 Å². The summed E-state index contributed by atoms with van der Waals surface area (Å²) in [5, 5.41) is 21.3. The Labute approximate surface area is 236 Å². The summed E-state index contributed by atoms with van der Waals surface area (Å²) in [4.78, 5) is 7.58. The number of hydrogen-bond acceptors (Lipinski definition) is 7. The van der Waals surface area contributed by atoms with Gasteiger partial charge in [-0.15, -0.1) is 0 Å². The Morgan fingerprint density at radius 3 is 2.48 bits per heavy atom. The molecule has 0 bridgehead atoms. The SMILES string of the molecule is CCCCCCNCNc1ccc(S(=O)(=O)Nc2ccc(CCNCC(O)c3cnc4[nH]ccc4c3)cc2)cc1. The molecular weight excluding hydrogens is 524 g/mol. The predicted octanol–water partition coefficient (Wildman–Crippen LogP) is 4.77. The maximum Gasteiger partial charge on any atom is 0.261 e. The largest absolute Gasteiger partial charge is 0.387 e. The van der Waals surface area contributed by atoms with Gasteiger partial charge in [-0.3, -0.25) is 4.72 Å². The monoisotopic (exact) mass is 564 g/mol. The molecule has 1 unspecified atom stereocenters. The van der Waals surface area contributed by atoms with Crippen molar-refractivity contribution in [2.24, 2.45) is 0 Å². The third-order valence-electron chi connectivity index (χ3n) is 6.73. The number of sulfonamides is 1. The second kappa shape index (κ2) is 14.8. The Kier molecular flexibility index (Phi) is 10.9. The molecule has 40 heavy (non-hydrogen) atoms. The highest BCUT2D eigenvalue weighted by Crippen LogP contribution is 2.19. The zero-order valence-corrected chi connectivity index (χ0v) is 23.8. The topological polar surface area (TPSA) is 131 Å². The van der Waals surface area contributed by atoms with Crippen LogP contribution in [-0.4, -0.2) is 49.8 Å².